The highest BCUT2D eigenvalue weighted by atomic mass is 79.9. The summed E-state index contributed by atoms with van der Waals surface area (Å²) in [6.07, 6.45) is 1.15. The van der Waals surface area contributed by atoms with Crippen molar-refractivity contribution >= 4 is 27.7 Å². The minimum absolute atomic E-state index is 0.0209. The highest BCUT2D eigenvalue weighted by Crippen LogP contribution is 2.30. The van der Waals surface area contributed by atoms with Gasteiger partial charge >= 0.3 is 0 Å². The molecule has 1 saturated heterocycles. The number of benzene rings is 1. The van der Waals surface area contributed by atoms with E-state index in [-0.39, 0.29) is 11.9 Å². The van der Waals surface area contributed by atoms with Gasteiger partial charge in [-0.2, -0.15) is 11.8 Å². The zero-order valence-electron chi connectivity index (χ0n) is 11.1. The molecular formula is C14H20BrFN2S. The fraction of sp³-hybridized carbons (Fsp3) is 0.571. The van der Waals surface area contributed by atoms with Crippen LogP contribution in [0.15, 0.2) is 22.7 Å². The summed E-state index contributed by atoms with van der Waals surface area (Å²) in [4.78, 5) is 2.33. The van der Waals surface area contributed by atoms with E-state index in [0.29, 0.717) is 17.4 Å². The Morgan fingerprint density at radius 3 is 3.05 bits per heavy atom. The van der Waals surface area contributed by atoms with Gasteiger partial charge in [-0.25, -0.2) is 4.39 Å². The molecule has 0 saturated carbocycles. The molecule has 0 aliphatic carbocycles. The summed E-state index contributed by atoms with van der Waals surface area (Å²) in [7, 11) is 0. The maximum Gasteiger partial charge on any atom is 0.128 e. The van der Waals surface area contributed by atoms with E-state index in [2.05, 4.69) is 27.8 Å². The first-order chi connectivity index (χ1) is 9.15. The molecule has 0 bridgehead atoms. The Balaban J connectivity index is 2.21. The molecule has 2 N–H and O–H groups in total. The Morgan fingerprint density at radius 2 is 2.37 bits per heavy atom. The van der Waals surface area contributed by atoms with E-state index in [1.165, 1.54) is 6.07 Å². The third kappa shape index (κ3) is 3.72. The number of thioether (sulfide) groups is 1. The first-order valence-electron chi connectivity index (χ1n) is 6.66. The Morgan fingerprint density at radius 1 is 1.58 bits per heavy atom. The van der Waals surface area contributed by atoms with Crippen molar-refractivity contribution in [3.05, 3.63) is 34.1 Å². The lowest BCUT2D eigenvalue weighted by Gasteiger charge is -2.37. The van der Waals surface area contributed by atoms with Crippen LogP contribution in [0.5, 0.6) is 0 Å². The standard InChI is InChI=1S/C14H20BrFN2S/c1-2-11-9-18(5-6-19-11)14(8-17)12-7-10(15)3-4-13(12)16/h3-4,7,11,14H,2,5-6,8-9,17H2,1H3. The summed E-state index contributed by atoms with van der Waals surface area (Å²) in [5.74, 6) is 0.940. The summed E-state index contributed by atoms with van der Waals surface area (Å²) in [6, 6.07) is 5.08. The Hall–Kier alpha value is -0.100. The van der Waals surface area contributed by atoms with Gasteiger partial charge in [-0.15, -0.1) is 0 Å². The van der Waals surface area contributed by atoms with Gasteiger partial charge in [-0.1, -0.05) is 22.9 Å². The minimum atomic E-state index is -0.162. The van der Waals surface area contributed by atoms with Crippen LogP contribution in [0.3, 0.4) is 0 Å². The highest BCUT2D eigenvalue weighted by molar-refractivity contribution is 9.10. The van der Waals surface area contributed by atoms with Crippen molar-refractivity contribution in [3.63, 3.8) is 0 Å². The van der Waals surface area contributed by atoms with Crippen LogP contribution >= 0.6 is 27.7 Å². The molecule has 1 aliphatic rings. The monoisotopic (exact) mass is 346 g/mol. The highest BCUT2D eigenvalue weighted by Gasteiger charge is 2.27. The summed E-state index contributed by atoms with van der Waals surface area (Å²) in [5, 5.41) is 0.637. The molecule has 19 heavy (non-hydrogen) atoms. The van der Waals surface area contributed by atoms with Crippen molar-refractivity contribution in [2.24, 2.45) is 5.73 Å². The molecule has 5 heteroatoms. The Kier molecular flexibility index (Phi) is 5.69. The molecule has 0 spiro atoms. The smallest absolute Gasteiger partial charge is 0.128 e. The van der Waals surface area contributed by atoms with E-state index < -0.39 is 0 Å². The first kappa shape index (κ1) is 15.3. The number of nitrogens with zero attached hydrogens (tertiary/aromatic N) is 1. The fourth-order valence-corrected chi connectivity index (χ4v) is 4.10. The average molecular weight is 347 g/mol. The van der Waals surface area contributed by atoms with Crippen molar-refractivity contribution in [2.75, 3.05) is 25.4 Å². The maximum atomic E-state index is 14.0. The molecule has 1 aromatic carbocycles. The van der Waals surface area contributed by atoms with Crippen LogP contribution in [0, 0.1) is 5.82 Å². The molecular weight excluding hydrogens is 327 g/mol. The molecule has 0 amide bonds. The van der Waals surface area contributed by atoms with Gasteiger partial charge in [0.1, 0.15) is 5.82 Å². The quantitative estimate of drug-likeness (QED) is 0.905. The number of rotatable bonds is 4. The summed E-state index contributed by atoms with van der Waals surface area (Å²) in [6.45, 7) is 4.64. The summed E-state index contributed by atoms with van der Waals surface area (Å²) >= 11 is 5.43. The molecule has 106 valence electrons. The predicted molar refractivity (Wildman–Crippen MR) is 84.0 cm³/mol. The van der Waals surface area contributed by atoms with Crippen LogP contribution in [0.2, 0.25) is 0 Å². The largest absolute Gasteiger partial charge is 0.329 e. The molecule has 1 heterocycles. The van der Waals surface area contributed by atoms with Gasteiger partial charge in [0.05, 0.1) is 6.04 Å². The third-order valence-corrected chi connectivity index (χ3v) is 5.47. The van der Waals surface area contributed by atoms with Gasteiger partial charge in [0.15, 0.2) is 0 Å². The Labute approximate surface area is 127 Å². The second kappa shape index (κ2) is 7.07. The topological polar surface area (TPSA) is 29.3 Å². The van der Waals surface area contributed by atoms with Crippen molar-refractivity contribution in [1.82, 2.24) is 4.90 Å². The average Bonchev–Trinajstić information content (AvgIpc) is 2.44. The van der Waals surface area contributed by atoms with Gasteiger partial charge < -0.3 is 5.73 Å². The molecule has 0 aromatic heterocycles. The van der Waals surface area contributed by atoms with Crippen LogP contribution in [-0.4, -0.2) is 35.5 Å². The van der Waals surface area contributed by atoms with Gasteiger partial charge in [-0.05, 0) is 24.6 Å². The van der Waals surface area contributed by atoms with Crippen LogP contribution in [0.4, 0.5) is 4.39 Å². The van der Waals surface area contributed by atoms with Crippen LogP contribution in [-0.2, 0) is 0 Å². The zero-order chi connectivity index (χ0) is 13.8. The van der Waals surface area contributed by atoms with E-state index in [1.807, 2.05) is 17.8 Å². The van der Waals surface area contributed by atoms with E-state index >= 15 is 0 Å². The third-order valence-electron chi connectivity index (χ3n) is 3.61. The van der Waals surface area contributed by atoms with Crippen molar-refractivity contribution in [2.45, 2.75) is 24.6 Å². The van der Waals surface area contributed by atoms with E-state index in [0.717, 1.165) is 29.7 Å². The molecule has 2 unspecified atom stereocenters. The minimum Gasteiger partial charge on any atom is -0.329 e. The van der Waals surface area contributed by atoms with Gasteiger partial charge in [0, 0.05) is 40.7 Å². The van der Waals surface area contributed by atoms with Crippen molar-refractivity contribution in [3.8, 4) is 0 Å². The van der Waals surface area contributed by atoms with E-state index in [9.17, 15) is 4.39 Å². The van der Waals surface area contributed by atoms with Crippen LogP contribution in [0.1, 0.15) is 24.9 Å². The second-order valence-corrected chi connectivity index (χ2v) is 7.14. The number of hydrogen-bond acceptors (Lipinski definition) is 3. The fourth-order valence-electron chi connectivity index (χ4n) is 2.51. The van der Waals surface area contributed by atoms with Crippen LogP contribution < -0.4 is 5.73 Å². The first-order valence-corrected chi connectivity index (χ1v) is 8.50. The van der Waals surface area contributed by atoms with Gasteiger partial charge in [-0.3, -0.25) is 4.90 Å². The normalized spacial score (nSPS) is 22.4. The SMILES string of the molecule is CCC1CN(C(CN)c2cc(Br)ccc2F)CCS1. The molecule has 1 aromatic rings. The molecule has 2 atom stereocenters. The number of nitrogens with two attached hydrogens (primary N) is 1. The van der Waals surface area contributed by atoms with E-state index in [4.69, 9.17) is 5.73 Å². The number of hydrogen-bond donors (Lipinski definition) is 1. The van der Waals surface area contributed by atoms with Crippen LogP contribution in [0.25, 0.3) is 0 Å². The Bertz CT molecular complexity index is 430. The lowest BCUT2D eigenvalue weighted by Crippen LogP contribution is -2.43. The molecule has 2 rings (SSSR count). The van der Waals surface area contributed by atoms with E-state index in [1.54, 1.807) is 6.07 Å². The lowest BCUT2D eigenvalue weighted by molar-refractivity contribution is 0.203. The van der Waals surface area contributed by atoms with Gasteiger partial charge in [0.2, 0.25) is 0 Å². The summed E-state index contributed by atoms with van der Waals surface area (Å²) < 4.78 is 14.9. The zero-order valence-corrected chi connectivity index (χ0v) is 13.5. The second-order valence-electron chi connectivity index (χ2n) is 4.81. The summed E-state index contributed by atoms with van der Waals surface area (Å²) in [5.41, 5.74) is 6.62. The number of halogens is 2. The molecule has 2 nitrogen and oxygen atoms in total. The lowest BCUT2D eigenvalue weighted by atomic mass is 10.0. The van der Waals surface area contributed by atoms with Gasteiger partial charge in [0.25, 0.3) is 0 Å². The molecule has 1 aliphatic heterocycles. The predicted octanol–water partition coefficient (Wildman–Crippen LogP) is 3.42. The van der Waals surface area contributed by atoms with Crippen molar-refractivity contribution in [1.29, 1.82) is 0 Å². The molecule has 1 fully saturated rings. The molecule has 0 radical (unpaired) electrons. The van der Waals surface area contributed by atoms with Crippen molar-refractivity contribution < 1.29 is 4.39 Å². The maximum absolute atomic E-state index is 14.0.